The molecule has 0 aliphatic carbocycles. The van der Waals surface area contributed by atoms with Gasteiger partial charge in [-0.05, 0) is 40.2 Å². The van der Waals surface area contributed by atoms with E-state index in [1.54, 1.807) is 24.7 Å². The zero-order valence-corrected chi connectivity index (χ0v) is 10.6. The van der Waals surface area contributed by atoms with Gasteiger partial charge < -0.3 is 0 Å². The molecular formula is C12H8BrClN2. The predicted octanol–water partition coefficient (Wildman–Crippen LogP) is 4.25. The van der Waals surface area contributed by atoms with Crippen LogP contribution in [0.1, 0.15) is 5.56 Å². The van der Waals surface area contributed by atoms with Gasteiger partial charge in [-0.15, -0.1) is 0 Å². The smallest absolute Gasteiger partial charge is 0.0645 e. The molecule has 16 heavy (non-hydrogen) atoms. The van der Waals surface area contributed by atoms with Crippen molar-refractivity contribution >= 4 is 39.4 Å². The molecule has 0 unspecified atom stereocenters. The second kappa shape index (κ2) is 5.23. The number of rotatable bonds is 2. The highest BCUT2D eigenvalue weighted by atomic mass is 79.9. The molecule has 0 saturated heterocycles. The van der Waals surface area contributed by atoms with Gasteiger partial charge in [0.25, 0.3) is 0 Å². The van der Waals surface area contributed by atoms with E-state index in [4.69, 9.17) is 11.6 Å². The summed E-state index contributed by atoms with van der Waals surface area (Å²) < 4.78 is 0.870. The van der Waals surface area contributed by atoms with E-state index < -0.39 is 0 Å². The van der Waals surface area contributed by atoms with Gasteiger partial charge in [0.05, 0.1) is 10.7 Å². The molecule has 1 aromatic heterocycles. The summed E-state index contributed by atoms with van der Waals surface area (Å²) in [7, 11) is 0. The summed E-state index contributed by atoms with van der Waals surface area (Å²) in [4.78, 5) is 8.31. The summed E-state index contributed by atoms with van der Waals surface area (Å²) in [6.07, 6.45) is 5.24. The van der Waals surface area contributed by atoms with Gasteiger partial charge in [0, 0.05) is 28.6 Å². The van der Waals surface area contributed by atoms with Crippen LogP contribution in [0.3, 0.4) is 0 Å². The van der Waals surface area contributed by atoms with Crippen LogP contribution in [-0.2, 0) is 0 Å². The molecule has 0 radical (unpaired) electrons. The second-order valence-corrected chi connectivity index (χ2v) is 4.40. The van der Waals surface area contributed by atoms with Crippen LogP contribution in [0.15, 0.2) is 52.2 Å². The second-order valence-electron chi connectivity index (χ2n) is 3.14. The van der Waals surface area contributed by atoms with Crippen molar-refractivity contribution in [2.45, 2.75) is 0 Å². The molecule has 0 amide bonds. The largest absolute Gasteiger partial charge is 0.264 e. The van der Waals surface area contributed by atoms with Crippen molar-refractivity contribution in [3.8, 4) is 0 Å². The van der Waals surface area contributed by atoms with Crippen LogP contribution in [0.25, 0.3) is 0 Å². The number of benzene rings is 1. The zero-order valence-electron chi connectivity index (χ0n) is 8.27. The SMILES string of the molecule is Clc1cc(N=Cc2cccnc2)ccc1Br. The van der Waals surface area contributed by atoms with E-state index >= 15 is 0 Å². The maximum Gasteiger partial charge on any atom is 0.0645 e. The number of hydrogen-bond acceptors (Lipinski definition) is 2. The van der Waals surface area contributed by atoms with Gasteiger partial charge in [-0.3, -0.25) is 9.98 Å². The molecule has 2 aromatic rings. The van der Waals surface area contributed by atoms with Crippen LogP contribution in [0.4, 0.5) is 5.69 Å². The van der Waals surface area contributed by atoms with Crippen LogP contribution in [-0.4, -0.2) is 11.2 Å². The Kier molecular flexibility index (Phi) is 3.70. The number of pyridine rings is 1. The fraction of sp³-hybridized carbons (Fsp3) is 0. The lowest BCUT2D eigenvalue weighted by Crippen LogP contribution is -1.80. The van der Waals surface area contributed by atoms with Crippen molar-refractivity contribution in [3.63, 3.8) is 0 Å². The van der Waals surface area contributed by atoms with Gasteiger partial charge in [0.1, 0.15) is 0 Å². The molecule has 0 spiro atoms. The lowest BCUT2D eigenvalue weighted by atomic mass is 10.3. The first-order valence-electron chi connectivity index (χ1n) is 4.65. The predicted molar refractivity (Wildman–Crippen MR) is 70.6 cm³/mol. The topological polar surface area (TPSA) is 25.2 Å². The van der Waals surface area contributed by atoms with E-state index in [0.29, 0.717) is 5.02 Å². The van der Waals surface area contributed by atoms with Gasteiger partial charge in [0.2, 0.25) is 0 Å². The summed E-state index contributed by atoms with van der Waals surface area (Å²) in [6.45, 7) is 0. The third-order valence-electron chi connectivity index (χ3n) is 1.95. The highest BCUT2D eigenvalue weighted by Crippen LogP contribution is 2.26. The summed E-state index contributed by atoms with van der Waals surface area (Å²) >= 11 is 9.29. The molecule has 0 atom stereocenters. The number of hydrogen-bond donors (Lipinski definition) is 0. The molecule has 1 heterocycles. The summed E-state index contributed by atoms with van der Waals surface area (Å²) in [5, 5.41) is 0.654. The molecule has 0 saturated carbocycles. The van der Waals surface area contributed by atoms with E-state index in [9.17, 15) is 0 Å². The molecule has 0 aliphatic heterocycles. The average molecular weight is 296 g/mol. The zero-order chi connectivity index (χ0) is 11.4. The molecule has 2 nitrogen and oxygen atoms in total. The Morgan fingerprint density at radius 1 is 1.31 bits per heavy atom. The Bertz CT molecular complexity index is 512. The van der Waals surface area contributed by atoms with Gasteiger partial charge in [0.15, 0.2) is 0 Å². The van der Waals surface area contributed by atoms with Crippen molar-refractivity contribution in [1.82, 2.24) is 4.98 Å². The van der Waals surface area contributed by atoms with Crippen LogP contribution in [0.2, 0.25) is 5.02 Å². The lowest BCUT2D eigenvalue weighted by molar-refractivity contribution is 1.32. The van der Waals surface area contributed by atoms with Crippen molar-refractivity contribution in [3.05, 3.63) is 57.8 Å². The standard InChI is InChI=1S/C12H8BrClN2/c13-11-4-3-10(6-12(11)14)16-8-9-2-1-5-15-7-9/h1-8H. The van der Waals surface area contributed by atoms with Crippen molar-refractivity contribution in [2.24, 2.45) is 4.99 Å². The average Bonchev–Trinajstić information content (AvgIpc) is 2.32. The van der Waals surface area contributed by atoms with E-state index in [1.807, 2.05) is 24.3 Å². The van der Waals surface area contributed by atoms with E-state index in [-0.39, 0.29) is 0 Å². The first-order chi connectivity index (χ1) is 7.75. The minimum absolute atomic E-state index is 0.654. The number of nitrogens with zero attached hydrogens (tertiary/aromatic N) is 2. The number of halogens is 2. The number of aromatic nitrogens is 1. The van der Waals surface area contributed by atoms with E-state index in [1.165, 1.54) is 0 Å². The molecule has 1 aromatic carbocycles. The fourth-order valence-corrected chi connectivity index (χ4v) is 1.59. The van der Waals surface area contributed by atoms with Gasteiger partial charge in [-0.25, -0.2) is 0 Å². The Morgan fingerprint density at radius 2 is 2.19 bits per heavy atom. The Hall–Kier alpha value is -1.19. The third-order valence-corrected chi connectivity index (χ3v) is 3.18. The normalized spacial score (nSPS) is 10.9. The lowest BCUT2D eigenvalue weighted by Gasteiger charge is -1.97. The van der Waals surface area contributed by atoms with Crippen LogP contribution in [0, 0.1) is 0 Å². The van der Waals surface area contributed by atoms with Crippen molar-refractivity contribution in [2.75, 3.05) is 0 Å². The summed E-state index contributed by atoms with van der Waals surface area (Å²) in [5.74, 6) is 0. The summed E-state index contributed by atoms with van der Waals surface area (Å²) in [6, 6.07) is 9.38. The van der Waals surface area contributed by atoms with Crippen molar-refractivity contribution < 1.29 is 0 Å². The fourth-order valence-electron chi connectivity index (χ4n) is 1.17. The Labute approximate surface area is 107 Å². The monoisotopic (exact) mass is 294 g/mol. The van der Waals surface area contributed by atoms with Crippen LogP contribution in [0.5, 0.6) is 0 Å². The third kappa shape index (κ3) is 2.90. The molecule has 0 aliphatic rings. The first kappa shape index (κ1) is 11.3. The van der Waals surface area contributed by atoms with E-state index in [2.05, 4.69) is 25.9 Å². The maximum atomic E-state index is 5.96. The minimum atomic E-state index is 0.654. The molecule has 2 rings (SSSR count). The van der Waals surface area contributed by atoms with Gasteiger partial charge >= 0.3 is 0 Å². The highest BCUT2D eigenvalue weighted by Gasteiger charge is 1.96. The van der Waals surface area contributed by atoms with Crippen LogP contribution < -0.4 is 0 Å². The van der Waals surface area contributed by atoms with Crippen LogP contribution >= 0.6 is 27.5 Å². The van der Waals surface area contributed by atoms with Gasteiger partial charge in [-0.1, -0.05) is 17.7 Å². The molecule has 0 bridgehead atoms. The van der Waals surface area contributed by atoms with Crippen molar-refractivity contribution in [1.29, 1.82) is 0 Å². The molecule has 0 N–H and O–H groups in total. The molecular weight excluding hydrogens is 288 g/mol. The van der Waals surface area contributed by atoms with E-state index in [0.717, 1.165) is 15.7 Å². The molecule has 80 valence electrons. The summed E-state index contributed by atoms with van der Waals surface area (Å²) in [5.41, 5.74) is 1.78. The molecule has 4 heteroatoms. The Morgan fingerprint density at radius 3 is 2.88 bits per heavy atom. The highest BCUT2D eigenvalue weighted by molar-refractivity contribution is 9.10. The van der Waals surface area contributed by atoms with Gasteiger partial charge in [-0.2, -0.15) is 0 Å². The maximum absolute atomic E-state index is 5.96. The quantitative estimate of drug-likeness (QED) is 0.760. The first-order valence-corrected chi connectivity index (χ1v) is 5.82. The molecule has 0 fully saturated rings. The minimum Gasteiger partial charge on any atom is -0.264 e. The Balaban J connectivity index is 2.21. The number of aliphatic imine (C=N–C) groups is 1.